The van der Waals surface area contributed by atoms with Gasteiger partial charge in [-0.05, 0) is 24.3 Å². The molecule has 1 aromatic heterocycles. The Balaban J connectivity index is 2.06. The SMILES string of the molecule is O=[N+]([O-])C1=C(n2nnc3ccccc32)N=C2C=CC(Cl)=CN2C1=C(Cl)Cl. The first-order valence-corrected chi connectivity index (χ1v) is 8.29. The first-order valence-electron chi connectivity index (χ1n) is 7.16. The van der Waals surface area contributed by atoms with E-state index in [9.17, 15) is 10.1 Å². The van der Waals surface area contributed by atoms with Gasteiger partial charge in [0.2, 0.25) is 5.82 Å². The van der Waals surface area contributed by atoms with Crippen molar-refractivity contribution in [3.63, 3.8) is 0 Å². The van der Waals surface area contributed by atoms with Crippen LogP contribution in [-0.4, -0.2) is 30.7 Å². The van der Waals surface area contributed by atoms with Crippen LogP contribution in [0.25, 0.3) is 16.9 Å². The van der Waals surface area contributed by atoms with Crippen molar-refractivity contribution >= 4 is 57.5 Å². The number of para-hydroxylation sites is 1. The van der Waals surface area contributed by atoms with Crippen molar-refractivity contribution in [3.8, 4) is 0 Å². The lowest BCUT2D eigenvalue weighted by Crippen LogP contribution is -2.33. The molecule has 2 aliphatic rings. The molecule has 130 valence electrons. The minimum Gasteiger partial charge on any atom is -0.292 e. The van der Waals surface area contributed by atoms with Crippen molar-refractivity contribution in [2.45, 2.75) is 0 Å². The van der Waals surface area contributed by atoms with Gasteiger partial charge in [-0.1, -0.05) is 52.1 Å². The van der Waals surface area contributed by atoms with Gasteiger partial charge in [-0.2, -0.15) is 4.68 Å². The molecule has 0 bridgehead atoms. The molecular weight excluding hydrogens is 403 g/mol. The molecule has 0 N–H and O–H groups in total. The minimum atomic E-state index is -0.619. The van der Waals surface area contributed by atoms with Crippen molar-refractivity contribution in [2.24, 2.45) is 4.99 Å². The number of fused-ring (bicyclic) bond motifs is 2. The summed E-state index contributed by atoms with van der Waals surface area (Å²) in [7, 11) is 0. The number of hydrogen-bond donors (Lipinski definition) is 0. The first kappa shape index (κ1) is 16.8. The zero-order chi connectivity index (χ0) is 18.4. The van der Waals surface area contributed by atoms with Crippen LogP contribution < -0.4 is 0 Å². The standard InChI is InChI=1S/C15H7Cl3N6O2/c16-8-5-6-11-19-15(23-10-4-2-1-3-9(10)20-21-23)13(24(25)26)12(14(17)18)22(11)7-8/h1-7H. The highest BCUT2D eigenvalue weighted by atomic mass is 35.5. The number of allylic oxidation sites excluding steroid dienone is 2. The summed E-state index contributed by atoms with van der Waals surface area (Å²) in [6.45, 7) is 0. The van der Waals surface area contributed by atoms with Gasteiger partial charge in [-0.25, -0.2) is 4.99 Å². The highest BCUT2D eigenvalue weighted by molar-refractivity contribution is 6.56. The van der Waals surface area contributed by atoms with Crippen molar-refractivity contribution in [3.05, 3.63) is 73.6 Å². The van der Waals surface area contributed by atoms with Crippen molar-refractivity contribution < 1.29 is 4.92 Å². The molecular formula is C15H7Cl3N6O2. The van der Waals surface area contributed by atoms with Gasteiger partial charge in [0.05, 0.1) is 15.5 Å². The van der Waals surface area contributed by atoms with Gasteiger partial charge in [-0.3, -0.25) is 15.0 Å². The second-order valence-corrected chi connectivity index (χ2v) is 6.60. The van der Waals surface area contributed by atoms with Gasteiger partial charge in [0.1, 0.15) is 15.8 Å². The largest absolute Gasteiger partial charge is 0.340 e. The van der Waals surface area contributed by atoms with Crippen LogP contribution in [0.2, 0.25) is 0 Å². The van der Waals surface area contributed by atoms with Crippen LogP contribution in [-0.2, 0) is 0 Å². The van der Waals surface area contributed by atoms with E-state index in [1.165, 1.54) is 15.8 Å². The lowest BCUT2D eigenvalue weighted by atomic mass is 10.2. The van der Waals surface area contributed by atoms with E-state index in [1.54, 1.807) is 36.4 Å². The predicted molar refractivity (Wildman–Crippen MR) is 98.8 cm³/mol. The quantitative estimate of drug-likeness (QED) is 0.555. The Hall–Kier alpha value is -2.68. The third-order valence-corrected chi connectivity index (χ3v) is 4.28. The number of nitro groups is 1. The molecule has 0 unspecified atom stereocenters. The van der Waals surface area contributed by atoms with E-state index in [1.807, 2.05) is 0 Å². The van der Waals surface area contributed by atoms with E-state index in [4.69, 9.17) is 34.8 Å². The van der Waals surface area contributed by atoms with Gasteiger partial charge in [0.15, 0.2) is 5.70 Å². The molecule has 0 spiro atoms. The minimum absolute atomic E-state index is 0.0552. The third-order valence-electron chi connectivity index (χ3n) is 3.70. The molecule has 26 heavy (non-hydrogen) atoms. The van der Waals surface area contributed by atoms with Crippen LogP contribution in [0.4, 0.5) is 0 Å². The Morgan fingerprint density at radius 3 is 2.69 bits per heavy atom. The summed E-state index contributed by atoms with van der Waals surface area (Å²) >= 11 is 18.0. The zero-order valence-corrected chi connectivity index (χ0v) is 14.9. The molecule has 2 aromatic rings. The number of aliphatic imine (C=N–C) groups is 1. The Labute approximate surface area is 161 Å². The highest BCUT2D eigenvalue weighted by Gasteiger charge is 2.38. The summed E-state index contributed by atoms with van der Waals surface area (Å²) in [6.07, 6.45) is 4.64. The number of aromatic nitrogens is 3. The van der Waals surface area contributed by atoms with E-state index < -0.39 is 10.6 Å². The Kier molecular flexibility index (Phi) is 4.03. The van der Waals surface area contributed by atoms with E-state index in [0.717, 1.165) is 0 Å². The number of hydrogen-bond acceptors (Lipinski definition) is 6. The van der Waals surface area contributed by atoms with E-state index in [0.29, 0.717) is 21.9 Å². The van der Waals surface area contributed by atoms with Crippen LogP contribution in [0.1, 0.15) is 0 Å². The van der Waals surface area contributed by atoms with E-state index >= 15 is 0 Å². The summed E-state index contributed by atoms with van der Waals surface area (Å²) in [5, 5.41) is 20.2. The molecule has 0 saturated carbocycles. The molecule has 4 rings (SSSR count). The van der Waals surface area contributed by atoms with Gasteiger partial charge in [0, 0.05) is 6.20 Å². The van der Waals surface area contributed by atoms with E-state index in [-0.39, 0.29) is 16.0 Å². The maximum Gasteiger partial charge on any atom is 0.340 e. The molecule has 0 aliphatic carbocycles. The normalized spacial score (nSPS) is 16.6. The second-order valence-electron chi connectivity index (χ2n) is 5.22. The lowest BCUT2D eigenvalue weighted by Gasteiger charge is -2.28. The number of nitrogens with zero attached hydrogens (tertiary/aromatic N) is 6. The number of halogens is 3. The molecule has 0 radical (unpaired) electrons. The van der Waals surface area contributed by atoms with Crippen LogP contribution in [0.3, 0.4) is 0 Å². The number of amidine groups is 1. The van der Waals surface area contributed by atoms with Gasteiger partial charge in [0.25, 0.3) is 0 Å². The molecule has 11 heteroatoms. The molecule has 8 nitrogen and oxygen atoms in total. The number of benzene rings is 1. The molecule has 2 aliphatic heterocycles. The Morgan fingerprint density at radius 2 is 1.96 bits per heavy atom. The average Bonchev–Trinajstić information content (AvgIpc) is 3.03. The van der Waals surface area contributed by atoms with Crippen LogP contribution in [0.15, 0.2) is 68.5 Å². The molecule has 0 atom stereocenters. The third kappa shape index (κ3) is 2.59. The fraction of sp³-hybridized carbons (Fsp3) is 0. The fourth-order valence-electron chi connectivity index (χ4n) is 2.64. The van der Waals surface area contributed by atoms with Crippen LogP contribution >= 0.6 is 34.8 Å². The maximum atomic E-state index is 11.8. The maximum absolute atomic E-state index is 11.8. The molecule has 1 aromatic carbocycles. The number of rotatable bonds is 2. The average molecular weight is 410 g/mol. The molecule has 0 amide bonds. The van der Waals surface area contributed by atoms with E-state index in [2.05, 4.69) is 15.3 Å². The fourth-order valence-corrected chi connectivity index (χ4v) is 3.16. The molecule has 0 saturated heterocycles. The highest BCUT2D eigenvalue weighted by Crippen LogP contribution is 2.36. The van der Waals surface area contributed by atoms with Gasteiger partial charge >= 0.3 is 5.70 Å². The van der Waals surface area contributed by atoms with Crippen molar-refractivity contribution in [2.75, 3.05) is 0 Å². The smallest absolute Gasteiger partial charge is 0.292 e. The molecule has 0 fully saturated rings. The topological polar surface area (TPSA) is 89.4 Å². The van der Waals surface area contributed by atoms with Crippen LogP contribution in [0, 0.1) is 10.1 Å². The summed E-state index contributed by atoms with van der Waals surface area (Å²) in [5.41, 5.74) is 0.647. The predicted octanol–water partition coefficient (Wildman–Crippen LogP) is 3.84. The van der Waals surface area contributed by atoms with Gasteiger partial charge in [-0.15, -0.1) is 5.10 Å². The zero-order valence-electron chi connectivity index (χ0n) is 12.7. The second kappa shape index (κ2) is 6.24. The summed E-state index contributed by atoms with van der Waals surface area (Å²) in [4.78, 5) is 16.9. The first-order chi connectivity index (χ1) is 12.5. The summed E-state index contributed by atoms with van der Waals surface area (Å²) in [6, 6.07) is 7.02. The summed E-state index contributed by atoms with van der Waals surface area (Å²) < 4.78 is 0.976. The van der Waals surface area contributed by atoms with Crippen molar-refractivity contribution in [1.29, 1.82) is 0 Å². The van der Waals surface area contributed by atoms with Gasteiger partial charge < -0.3 is 0 Å². The lowest BCUT2D eigenvalue weighted by molar-refractivity contribution is -0.421. The Morgan fingerprint density at radius 1 is 1.19 bits per heavy atom. The van der Waals surface area contributed by atoms with Crippen LogP contribution in [0.5, 0.6) is 0 Å². The van der Waals surface area contributed by atoms with Crippen molar-refractivity contribution in [1.82, 2.24) is 19.9 Å². The summed E-state index contributed by atoms with van der Waals surface area (Å²) in [5.74, 6) is 0.295. The monoisotopic (exact) mass is 408 g/mol. The Bertz CT molecular complexity index is 1110. The molecule has 3 heterocycles.